The number of carbonyl (C=O) groups is 1. The summed E-state index contributed by atoms with van der Waals surface area (Å²) in [5, 5.41) is 5.41. The maximum absolute atomic E-state index is 12.4. The van der Waals surface area contributed by atoms with Crippen LogP contribution in [0.4, 0.5) is 0 Å². The molecule has 3 aromatic rings. The van der Waals surface area contributed by atoms with Crippen LogP contribution in [0, 0.1) is 0 Å². The Bertz CT molecular complexity index is 877. The number of amides is 1. The summed E-state index contributed by atoms with van der Waals surface area (Å²) in [4.78, 5) is 14.1. The van der Waals surface area contributed by atoms with E-state index in [-0.39, 0.29) is 12.3 Å². The van der Waals surface area contributed by atoms with E-state index in [1.54, 1.807) is 41.0 Å². The Morgan fingerprint density at radius 1 is 1.16 bits per heavy atom. The molecule has 0 aliphatic carbocycles. The molecule has 0 aliphatic heterocycles. The number of aromatic nitrogens is 2. The first kappa shape index (κ1) is 17.5. The summed E-state index contributed by atoms with van der Waals surface area (Å²) in [5.74, 6) is -0.0170. The van der Waals surface area contributed by atoms with Gasteiger partial charge in [0.2, 0.25) is 5.91 Å². The topological polar surface area (TPSA) is 38.1 Å². The first-order valence-electron chi connectivity index (χ1n) is 7.80. The van der Waals surface area contributed by atoms with E-state index >= 15 is 0 Å². The third kappa shape index (κ3) is 4.41. The summed E-state index contributed by atoms with van der Waals surface area (Å²) in [7, 11) is 1.77. The molecule has 1 amide bonds. The SMILES string of the molecule is CN(Cc1cnn(-c2ccccc2)c1)C(=O)Cc1ccc(Cl)cc1Cl. The predicted molar refractivity (Wildman–Crippen MR) is 100 cm³/mol. The molecule has 0 fully saturated rings. The molecule has 0 aliphatic rings. The highest BCUT2D eigenvalue weighted by molar-refractivity contribution is 6.35. The monoisotopic (exact) mass is 373 g/mol. The Balaban J connectivity index is 1.65. The lowest BCUT2D eigenvalue weighted by Gasteiger charge is -2.16. The molecule has 0 spiro atoms. The van der Waals surface area contributed by atoms with Crippen LogP contribution >= 0.6 is 23.2 Å². The molecule has 1 heterocycles. The molecule has 25 heavy (non-hydrogen) atoms. The van der Waals surface area contributed by atoms with Crippen molar-refractivity contribution in [2.45, 2.75) is 13.0 Å². The molecule has 0 unspecified atom stereocenters. The highest BCUT2D eigenvalue weighted by Gasteiger charge is 2.13. The minimum absolute atomic E-state index is 0.0170. The largest absolute Gasteiger partial charge is 0.341 e. The summed E-state index contributed by atoms with van der Waals surface area (Å²) in [6.45, 7) is 0.483. The van der Waals surface area contributed by atoms with Gasteiger partial charge in [0, 0.05) is 35.4 Å². The normalized spacial score (nSPS) is 10.7. The van der Waals surface area contributed by atoms with Gasteiger partial charge in [-0.05, 0) is 29.8 Å². The molecule has 3 rings (SSSR count). The first-order valence-corrected chi connectivity index (χ1v) is 8.55. The van der Waals surface area contributed by atoms with Crippen molar-refractivity contribution in [1.82, 2.24) is 14.7 Å². The van der Waals surface area contributed by atoms with Crippen molar-refractivity contribution in [3.05, 3.63) is 82.1 Å². The first-order chi connectivity index (χ1) is 12.0. The number of carbonyl (C=O) groups excluding carboxylic acids is 1. The van der Waals surface area contributed by atoms with Crippen molar-refractivity contribution in [3.63, 3.8) is 0 Å². The minimum Gasteiger partial charge on any atom is -0.341 e. The molecule has 128 valence electrons. The second-order valence-electron chi connectivity index (χ2n) is 5.79. The summed E-state index contributed by atoms with van der Waals surface area (Å²) >= 11 is 12.0. The van der Waals surface area contributed by atoms with Crippen LogP contribution in [0.3, 0.4) is 0 Å². The van der Waals surface area contributed by atoms with E-state index in [1.165, 1.54) is 0 Å². The number of likely N-dealkylation sites (N-methyl/N-ethyl adjacent to an activating group) is 1. The second kappa shape index (κ2) is 7.72. The van der Waals surface area contributed by atoms with Gasteiger partial charge in [0.15, 0.2) is 0 Å². The van der Waals surface area contributed by atoms with Gasteiger partial charge < -0.3 is 4.90 Å². The maximum Gasteiger partial charge on any atom is 0.227 e. The van der Waals surface area contributed by atoms with Crippen LogP contribution in [0.15, 0.2) is 60.9 Å². The van der Waals surface area contributed by atoms with Crippen LogP contribution < -0.4 is 0 Å². The van der Waals surface area contributed by atoms with Crippen LogP contribution in [0.5, 0.6) is 0 Å². The van der Waals surface area contributed by atoms with Gasteiger partial charge in [0.25, 0.3) is 0 Å². The molecule has 4 nitrogen and oxygen atoms in total. The van der Waals surface area contributed by atoms with Gasteiger partial charge in [0.05, 0.1) is 18.3 Å². The van der Waals surface area contributed by atoms with Crippen LogP contribution in [0.25, 0.3) is 5.69 Å². The van der Waals surface area contributed by atoms with E-state index in [9.17, 15) is 4.79 Å². The van der Waals surface area contributed by atoms with Gasteiger partial charge in [-0.15, -0.1) is 0 Å². The molecule has 1 aromatic heterocycles. The molecule has 0 bridgehead atoms. The lowest BCUT2D eigenvalue weighted by atomic mass is 10.1. The minimum atomic E-state index is -0.0170. The van der Waals surface area contributed by atoms with Crippen molar-refractivity contribution in [1.29, 1.82) is 0 Å². The molecule has 0 N–H and O–H groups in total. The van der Waals surface area contributed by atoms with Gasteiger partial charge in [0.1, 0.15) is 0 Å². The molecule has 0 atom stereocenters. The summed E-state index contributed by atoms with van der Waals surface area (Å²) < 4.78 is 1.80. The van der Waals surface area contributed by atoms with Gasteiger partial charge >= 0.3 is 0 Å². The number of rotatable bonds is 5. The van der Waals surface area contributed by atoms with Crippen molar-refractivity contribution in [3.8, 4) is 5.69 Å². The second-order valence-corrected chi connectivity index (χ2v) is 6.63. The summed E-state index contributed by atoms with van der Waals surface area (Å²) in [6, 6.07) is 15.0. The lowest BCUT2D eigenvalue weighted by molar-refractivity contribution is -0.129. The Labute approximate surface area is 156 Å². The number of hydrogen-bond acceptors (Lipinski definition) is 2. The highest BCUT2D eigenvalue weighted by atomic mass is 35.5. The standard InChI is InChI=1S/C19H17Cl2N3O/c1-23(19(25)9-15-7-8-16(20)10-18(15)21)12-14-11-22-24(13-14)17-5-3-2-4-6-17/h2-8,10-11,13H,9,12H2,1H3. The highest BCUT2D eigenvalue weighted by Crippen LogP contribution is 2.22. The number of halogens is 2. The quantitative estimate of drug-likeness (QED) is 0.665. The van der Waals surface area contributed by atoms with E-state index in [0.29, 0.717) is 16.6 Å². The van der Waals surface area contributed by atoms with Crippen molar-refractivity contribution < 1.29 is 4.79 Å². The Hall–Kier alpha value is -2.30. The molecule has 0 saturated carbocycles. The number of nitrogens with zero attached hydrogens (tertiary/aromatic N) is 3. The average Bonchev–Trinajstić information content (AvgIpc) is 3.06. The van der Waals surface area contributed by atoms with Crippen LogP contribution in [-0.2, 0) is 17.8 Å². The van der Waals surface area contributed by atoms with Crippen LogP contribution in [0.1, 0.15) is 11.1 Å². The van der Waals surface area contributed by atoms with E-state index < -0.39 is 0 Å². The fraction of sp³-hybridized carbons (Fsp3) is 0.158. The fourth-order valence-corrected chi connectivity index (χ4v) is 2.96. The summed E-state index contributed by atoms with van der Waals surface area (Å²) in [5.41, 5.74) is 2.71. The van der Waals surface area contributed by atoms with Gasteiger partial charge in [-0.2, -0.15) is 5.10 Å². The molecule has 0 radical (unpaired) electrons. The van der Waals surface area contributed by atoms with Gasteiger partial charge in [-0.25, -0.2) is 4.68 Å². The van der Waals surface area contributed by atoms with Crippen LogP contribution in [-0.4, -0.2) is 27.6 Å². The van der Waals surface area contributed by atoms with E-state index in [0.717, 1.165) is 16.8 Å². The zero-order chi connectivity index (χ0) is 17.8. The smallest absolute Gasteiger partial charge is 0.227 e. The Morgan fingerprint density at radius 2 is 1.92 bits per heavy atom. The third-order valence-corrected chi connectivity index (χ3v) is 4.45. The van der Waals surface area contributed by atoms with Crippen molar-refractivity contribution in [2.75, 3.05) is 7.05 Å². The predicted octanol–water partition coefficient (Wildman–Crippen LogP) is 4.38. The zero-order valence-electron chi connectivity index (χ0n) is 13.7. The molecule has 2 aromatic carbocycles. The lowest BCUT2D eigenvalue weighted by Crippen LogP contribution is -2.27. The van der Waals surface area contributed by atoms with E-state index in [2.05, 4.69) is 5.10 Å². The van der Waals surface area contributed by atoms with Gasteiger partial charge in [-0.1, -0.05) is 47.5 Å². The van der Waals surface area contributed by atoms with Crippen molar-refractivity contribution in [2.24, 2.45) is 0 Å². The van der Waals surface area contributed by atoms with E-state index in [1.807, 2.05) is 36.5 Å². The maximum atomic E-state index is 12.4. The Kier molecular flexibility index (Phi) is 5.41. The zero-order valence-corrected chi connectivity index (χ0v) is 15.2. The third-order valence-electron chi connectivity index (χ3n) is 3.86. The number of benzene rings is 2. The number of hydrogen-bond donors (Lipinski definition) is 0. The molecule has 0 saturated heterocycles. The molecular weight excluding hydrogens is 357 g/mol. The summed E-state index contributed by atoms with van der Waals surface area (Å²) in [6.07, 6.45) is 3.93. The Morgan fingerprint density at radius 3 is 2.64 bits per heavy atom. The van der Waals surface area contributed by atoms with Gasteiger partial charge in [-0.3, -0.25) is 4.79 Å². The van der Waals surface area contributed by atoms with Crippen LogP contribution in [0.2, 0.25) is 10.0 Å². The fourth-order valence-electron chi connectivity index (χ4n) is 2.49. The molecule has 6 heteroatoms. The number of para-hydroxylation sites is 1. The van der Waals surface area contributed by atoms with E-state index in [4.69, 9.17) is 23.2 Å². The average molecular weight is 374 g/mol. The molecular formula is C19H17Cl2N3O. The van der Waals surface area contributed by atoms with Crippen molar-refractivity contribution >= 4 is 29.1 Å².